The zero-order valence-corrected chi connectivity index (χ0v) is 7.52. The zero-order chi connectivity index (χ0) is 10.3. The largest absolute Gasteiger partial charge is 0.481 e. The maximum Gasteiger partial charge on any atom is 0.308 e. The second kappa shape index (κ2) is 6.42. The summed E-state index contributed by atoms with van der Waals surface area (Å²) in [5, 5.41) is 17.0. The van der Waals surface area contributed by atoms with Crippen LogP contribution in [0.5, 0.6) is 0 Å². The summed E-state index contributed by atoms with van der Waals surface area (Å²) in [7, 11) is 0. The summed E-state index contributed by atoms with van der Waals surface area (Å²) >= 11 is 0. The predicted octanol–water partition coefficient (Wildman–Crippen LogP) is 0.165. The van der Waals surface area contributed by atoms with Gasteiger partial charge in [-0.2, -0.15) is 0 Å². The van der Waals surface area contributed by atoms with E-state index < -0.39 is 18.0 Å². The van der Waals surface area contributed by atoms with Crippen LogP contribution < -0.4 is 0 Å². The molecule has 0 radical (unpaired) electrons. The van der Waals surface area contributed by atoms with E-state index >= 15 is 0 Å². The van der Waals surface area contributed by atoms with Gasteiger partial charge in [-0.3, -0.25) is 9.59 Å². The SMILES string of the molecule is CC(O)CC(=O)OCCCC(=O)O. The first-order valence-electron chi connectivity index (χ1n) is 4.08. The van der Waals surface area contributed by atoms with Crippen molar-refractivity contribution in [2.24, 2.45) is 0 Å². The van der Waals surface area contributed by atoms with Gasteiger partial charge in [0.05, 0.1) is 19.1 Å². The van der Waals surface area contributed by atoms with Crippen molar-refractivity contribution in [1.29, 1.82) is 0 Å². The van der Waals surface area contributed by atoms with Crippen molar-refractivity contribution < 1.29 is 24.5 Å². The lowest BCUT2D eigenvalue weighted by molar-refractivity contribution is -0.147. The number of aliphatic hydroxyl groups is 1. The second-order valence-electron chi connectivity index (χ2n) is 2.77. The lowest BCUT2D eigenvalue weighted by atomic mass is 10.3. The molecule has 0 spiro atoms. The molecule has 5 heteroatoms. The Kier molecular flexibility index (Phi) is 5.88. The van der Waals surface area contributed by atoms with Crippen LogP contribution in [0.25, 0.3) is 0 Å². The highest BCUT2D eigenvalue weighted by atomic mass is 16.5. The summed E-state index contributed by atoms with van der Waals surface area (Å²) in [6.45, 7) is 1.58. The standard InChI is InChI=1S/C8H14O5/c1-6(9)5-8(12)13-4-2-3-7(10)11/h6,9H,2-5H2,1H3,(H,10,11). The third-order valence-electron chi connectivity index (χ3n) is 1.26. The van der Waals surface area contributed by atoms with Gasteiger partial charge in [-0.05, 0) is 13.3 Å². The molecule has 0 aliphatic carbocycles. The molecule has 0 rings (SSSR count). The van der Waals surface area contributed by atoms with Gasteiger partial charge >= 0.3 is 11.9 Å². The second-order valence-corrected chi connectivity index (χ2v) is 2.77. The average Bonchev–Trinajstić information content (AvgIpc) is 1.96. The smallest absolute Gasteiger partial charge is 0.308 e. The summed E-state index contributed by atoms with van der Waals surface area (Å²) in [4.78, 5) is 20.8. The topological polar surface area (TPSA) is 83.8 Å². The molecule has 0 aliphatic rings. The molecule has 0 heterocycles. The number of carboxylic acid groups (broad SMARTS) is 1. The molecule has 13 heavy (non-hydrogen) atoms. The van der Waals surface area contributed by atoms with E-state index in [1.165, 1.54) is 6.92 Å². The summed E-state index contributed by atoms with van der Waals surface area (Å²) in [5.41, 5.74) is 0. The third-order valence-corrected chi connectivity index (χ3v) is 1.26. The molecular formula is C8H14O5. The molecule has 0 amide bonds. The van der Waals surface area contributed by atoms with Crippen molar-refractivity contribution in [3.63, 3.8) is 0 Å². The summed E-state index contributed by atoms with van der Waals surface area (Å²) in [5.74, 6) is -1.41. The lowest BCUT2D eigenvalue weighted by Gasteiger charge is -2.04. The summed E-state index contributed by atoms with van der Waals surface area (Å²) < 4.78 is 4.64. The van der Waals surface area contributed by atoms with Crippen LogP contribution in [0.2, 0.25) is 0 Å². The number of carbonyl (C=O) groups is 2. The number of rotatable bonds is 6. The fourth-order valence-electron chi connectivity index (χ4n) is 0.710. The summed E-state index contributed by atoms with van der Waals surface area (Å²) in [6.07, 6.45) is -0.470. The number of hydrogen-bond acceptors (Lipinski definition) is 4. The van der Waals surface area contributed by atoms with Crippen molar-refractivity contribution in [2.75, 3.05) is 6.61 Å². The number of carbonyl (C=O) groups excluding carboxylic acids is 1. The highest BCUT2D eigenvalue weighted by molar-refractivity contribution is 5.70. The van der Waals surface area contributed by atoms with E-state index in [9.17, 15) is 9.59 Å². The minimum absolute atomic E-state index is 0.0119. The van der Waals surface area contributed by atoms with Crippen LogP contribution >= 0.6 is 0 Å². The van der Waals surface area contributed by atoms with Crippen molar-refractivity contribution in [3.05, 3.63) is 0 Å². The van der Waals surface area contributed by atoms with Gasteiger partial charge in [0.25, 0.3) is 0 Å². The minimum atomic E-state index is -0.911. The molecule has 0 saturated heterocycles. The molecule has 1 atom stereocenters. The van der Waals surface area contributed by atoms with Crippen LogP contribution in [0, 0.1) is 0 Å². The Balaban J connectivity index is 3.32. The molecule has 0 fully saturated rings. The van der Waals surface area contributed by atoms with Gasteiger partial charge in [-0.25, -0.2) is 0 Å². The van der Waals surface area contributed by atoms with Crippen LogP contribution in [0.3, 0.4) is 0 Å². The van der Waals surface area contributed by atoms with Crippen molar-refractivity contribution in [1.82, 2.24) is 0 Å². The molecule has 0 saturated carbocycles. The van der Waals surface area contributed by atoms with E-state index in [2.05, 4.69) is 4.74 Å². The predicted molar refractivity (Wildman–Crippen MR) is 44.1 cm³/mol. The first-order valence-corrected chi connectivity index (χ1v) is 4.08. The van der Waals surface area contributed by atoms with E-state index in [1.807, 2.05) is 0 Å². The molecule has 0 bridgehead atoms. The van der Waals surface area contributed by atoms with Crippen molar-refractivity contribution >= 4 is 11.9 Å². The normalized spacial score (nSPS) is 12.2. The maximum atomic E-state index is 10.8. The first-order chi connectivity index (χ1) is 6.02. The number of ether oxygens (including phenoxy) is 1. The van der Waals surface area contributed by atoms with Gasteiger partial charge in [0.15, 0.2) is 0 Å². The monoisotopic (exact) mass is 190 g/mol. The number of esters is 1. The van der Waals surface area contributed by atoms with E-state index in [-0.39, 0.29) is 19.4 Å². The molecular weight excluding hydrogens is 176 g/mol. The minimum Gasteiger partial charge on any atom is -0.481 e. The van der Waals surface area contributed by atoms with Gasteiger partial charge in [0.2, 0.25) is 0 Å². The lowest BCUT2D eigenvalue weighted by Crippen LogP contribution is -2.13. The van der Waals surface area contributed by atoms with Gasteiger partial charge in [-0.1, -0.05) is 0 Å². The summed E-state index contributed by atoms with van der Waals surface area (Å²) in [6, 6.07) is 0. The van der Waals surface area contributed by atoms with Gasteiger partial charge in [0.1, 0.15) is 0 Å². The maximum absolute atomic E-state index is 10.8. The zero-order valence-electron chi connectivity index (χ0n) is 7.52. The molecule has 1 unspecified atom stereocenters. The number of carboxylic acids is 1. The third kappa shape index (κ3) is 8.81. The Morgan fingerprint density at radius 2 is 2.08 bits per heavy atom. The van der Waals surface area contributed by atoms with E-state index in [4.69, 9.17) is 10.2 Å². The molecule has 0 aromatic rings. The highest BCUT2D eigenvalue weighted by Crippen LogP contribution is 1.95. The Hall–Kier alpha value is -1.10. The van der Waals surface area contributed by atoms with Gasteiger partial charge in [0, 0.05) is 6.42 Å². The Morgan fingerprint density at radius 1 is 1.46 bits per heavy atom. The highest BCUT2D eigenvalue weighted by Gasteiger charge is 2.06. The Labute approximate surface area is 76.3 Å². The Morgan fingerprint density at radius 3 is 2.54 bits per heavy atom. The van der Waals surface area contributed by atoms with Crippen LogP contribution in [-0.2, 0) is 14.3 Å². The van der Waals surface area contributed by atoms with Gasteiger partial charge < -0.3 is 14.9 Å². The first kappa shape index (κ1) is 11.9. The van der Waals surface area contributed by atoms with E-state index in [0.29, 0.717) is 6.42 Å². The molecule has 76 valence electrons. The quantitative estimate of drug-likeness (QED) is 0.460. The molecule has 0 aromatic carbocycles. The van der Waals surface area contributed by atoms with Gasteiger partial charge in [-0.15, -0.1) is 0 Å². The fraction of sp³-hybridized carbons (Fsp3) is 0.750. The fourth-order valence-corrected chi connectivity index (χ4v) is 0.710. The van der Waals surface area contributed by atoms with Crippen LogP contribution in [0.1, 0.15) is 26.2 Å². The number of aliphatic hydroxyl groups excluding tert-OH is 1. The molecule has 0 aromatic heterocycles. The Bertz CT molecular complexity index is 175. The molecule has 5 nitrogen and oxygen atoms in total. The number of aliphatic carboxylic acids is 1. The van der Waals surface area contributed by atoms with Crippen LogP contribution in [-0.4, -0.2) is 34.9 Å². The van der Waals surface area contributed by atoms with E-state index in [1.54, 1.807) is 0 Å². The van der Waals surface area contributed by atoms with Crippen molar-refractivity contribution in [2.45, 2.75) is 32.3 Å². The van der Waals surface area contributed by atoms with Crippen LogP contribution in [0.4, 0.5) is 0 Å². The molecule has 2 N–H and O–H groups in total. The van der Waals surface area contributed by atoms with Crippen LogP contribution in [0.15, 0.2) is 0 Å². The molecule has 0 aliphatic heterocycles. The van der Waals surface area contributed by atoms with Crippen molar-refractivity contribution in [3.8, 4) is 0 Å². The van der Waals surface area contributed by atoms with E-state index in [0.717, 1.165) is 0 Å². The average molecular weight is 190 g/mol. The number of hydrogen-bond donors (Lipinski definition) is 2.